The lowest BCUT2D eigenvalue weighted by Crippen LogP contribution is -2.00. The highest BCUT2D eigenvalue weighted by atomic mass is 16.6. The van der Waals surface area contributed by atoms with Crippen LogP contribution in [0.3, 0.4) is 0 Å². The Hall–Kier alpha value is -2.35. The van der Waals surface area contributed by atoms with Gasteiger partial charge in [-0.2, -0.15) is 0 Å². The maximum absolute atomic E-state index is 11.1. The van der Waals surface area contributed by atoms with Gasteiger partial charge in [0.1, 0.15) is 0 Å². The zero-order valence-electron chi connectivity index (χ0n) is 10.4. The minimum atomic E-state index is -0.639. The van der Waals surface area contributed by atoms with E-state index >= 15 is 0 Å². The molecule has 0 heterocycles. The Morgan fingerprint density at radius 1 is 1.39 bits per heavy atom. The van der Waals surface area contributed by atoms with E-state index in [1.54, 1.807) is 26.8 Å². The first-order valence-corrected chi connectivity index (χ1v) is 5.40. The predicted octanol–water partition coefficient (Wildman–Crippen LogP) is 2.13. The summed E-state index contributed by atoms with van der Waals surface area (Å²) < 4.78 is 4.66. The van der Waals surface area contributed by atoms with Crippen LogP contribution >= 0.6 is 0 Å². The van der Waals surface area contributed by atoms with Crippen LogP contribution in [0.4, 0.5) is 5.69 Å². The summed E-state index contributed by atoms with van der Waals surface area (Å²) in [6, 6.07) is 3.05. The number of benzene rings is 1. The van der Waals surface area contributed by atoms with Gasteiger partial charge in [-0.15, -0.1) is 0 Å². The fourth-order valence-corrected chi connectivity index (χ4v) is 1.46. The van der Waals surface area contributed by atoms with Crippen LogP contribution in [-0.4, -0.2) is 17.5 Å². The van der Waals surface area contributed by atoms with Crippen LogP contribution in [0.15, 0.2) is 12.1 Å². The molecular weight excluding hydrogens is 234 g/mol. The number of hydrogen-bond donors (Lipinski definition) is 0. The third kappa shape index (κ3) is 3.32. The Kier molecular flexibility index (Phi) is 4.44. The summed E-state index contributed by atoms with van der Waals surface area (Å²) >= 11 is 0. The van der Waals surface area contributed by atoms with E-state index in [-0.39, 0.29) is 12.3 Å². The van der Waals surface area contributed by atoms with Gasteiger partial charge in [-0.25, -0.2) is 4.79 Å². The second-order valence-corrected chi connectivity index (χ2v) is 3.68. The number of esters is 1. The molecule has 0 atom stereocenters. The lowest BCUT2D eigenvalue weighted by molar-refractivity contribution is -0.385. The summed E-state index contributed by atoms with van der Waals surface area (Å²) in [6.45, 7) is 5.38. The quantitative estimate of drug-likeness (QED) is 0.347. The summed E-state index contributed by atoms with van der Waals surface area (Å²) in [5.41, 5.74) is 1.81. The number of nitro benzene ring substituents is 1. The molecule has 5 heteroatoms. The Morgan fingerprint density at radius 2 is 2.06 bits per heavy atom. The van der Waals surface area contributed by atoms with Crippen molar-refractivity contribution in [3.63, 3.8) is 0 Å². The number of hydrogen-bond acceptors (Lipinski definition) is 4. The second-order valence-electron chi connectivity index (χ2n) is 3.68. The van der Waals surface area contributed by atoms with E-state index in [9.17, 15) is 14.9 Å². The number of nitro groups is 1. The van der Waals surface area contributed by atoms with Crippen LogP contribution < -0.4 is 0 Å². The van der Waals surface area contributed by atoms with E-state index in [2.05, 4.69) is 16.6 Å². The maximum Gasteiger partial charge on any atom is 0.384 e. The van der Waals surface area contributed by atoms with Gasteiger partial charge in [0.05, 0.1) is 11.5 Å². The Balaban J connectivity index is 3.13. The zero-order chi connectivity index (χ0) is 13.7. The summed E-state index contributed by atoms with van der Waals surface area (Å²) in [5.74, 6) is 4.24. The van der Waals surface area contributed by atoms with E-state index in [1.165, 1.54) is 6.07 Å². The van der Waals surface area contributed by atoms with Gasteiger partial charge in [0.25, 0.3) is 5.69 Å². The van der Waals surface area contributed by atoms with E-state index in [0.717, 1.165) is 5.56 Å². The molecule has 1 aromatic carbocycles. The molecule has 0 amide bonds. The molecule has 1 aromatic rings. The van der Waals surface area contributed by atoms with E-state index in [1.807, 2.05) is 0 Å². The van der Waals surface area contributed by atoms with Crippen molar-refractivity contribution in [2.24, 2.45) is 0 Å². The summed E-state index contributed by atoms with van der Waals surface area (Å²) in [5, 5.41) is 10.8. The molecule has 0 saturated heterocycles. The van der Waals surface area contributed by atoms with Gasteiger partial charge in [-0.3, -0.25) is 10.1 Å². The fourth-order valence-electron chi connectivity index (χ4n) is 1.46. The van der Waals surface area contributed by atoms with Crippen molar-refractivity contribution in [2.75, 3.05) is 6.61 Å². The van der Waals surface area contributed by atoms with Crippen molar-refractivity contribution in [2.45, 2.75) is 20.8 Å². The largest absolute Gasteiger partial charge is 0.456 e. The zero-order valence-corrected chi connectivity index (χ0v) is 10.4. The van der Waals surface area contributed by atoms with Crippen LogP contribution in [0.25, 0.3) is 0 Å². The lowest BCUT2D eigenvalue weighted by Gasteiger charge is -2.01. The molecule has 94 valence electrons. The van der Waals surface area contributed by atoms with Gasteiger partial charge in [-0.05, 0) is 32.4 Å². The van der Waals surface area contributed by atoms with Crippen LogP contribution in [-0.2, 0) is 9.53 Å². The lowest BCUT2D eigenvalue weighted by atomic mass is 10.0. The van der Waals surface area contributed by atoms with Gasteiger partial charge in [0, 0.05) is 23.1 Å². The highest BCUT2D eigenvalue weighted by Gasteiger charge is 2.12. The number of aryl methyl sites for hydroxylation is 2. The van der Waals surface area contributed by atoms with E-state index in [0.29, 0.717) is 11.1 Å². The molecule has 0 aliphatic carbocycles. The highest BCUT2D eigenvalue weighted by molar-refractivity contribution is 5.89. The summed E-state index contributed by atoms with van der Waals surface area (Å²) in [7, 11) is 0. The number of nitrogens with zero attached hydrogens (tertiary/aromatic N) is 1. The van der Waals surface area contributed by atoms with E-state index in [4.69, 9.17) is 0 Å². The van der Waals surface area contributed by atoms with Gasteiger partial charge >= 0.3 is 5.97 Å². The average molecular weight is 247 g/mol. The van der Waals surface area contributed by atoms with Crippen LogP contribution in [0, 0.1) is 35.8 Å². The smallest absolute Gasteiger partial charge is 0.384 e. The SMILES string of the molecule is CCOC(=O)C#Cc1cc([N+](=O)[O-])c(C)cc1C. The first-order chi connectivity index (χ1) is 8.45. The third-order valence-electron chi connectivity index (χ3n) is 2.31. The fraction of sp³-hybridized carbons (Fsp3) is 0.308. The highest BCUT2D eigenvalue weighted by Crippen LogP contribution is 2.21. The first-order valence-electron chi connectivity index (χ1n) is 5.40. The molecule has 0 spiro atoms. The molecule has 0 saturated carbocycles. The molecule has 0 bridgehead atoms. The average Bonchev–Trinajstić information content (AvgIpc) is 2.27. The van der Waals surface area contributed by atoms with Crippen molar-refractivity contribution in [3.8, 4) is 11.8 Å². The maximum atomic E-state index is 11.1. The molecular formula is C13H13NO4. The molecule has 1 rings (SSSR count). The Bertz CT molecular complexity index is 552. The van der Waals surface area contributed by atoms with Crippen molar-refractivity contribution in [1.82, 2.24) is 0 Å². The molecule has 0 unspecified atom stereocenters. The molecule has 0 N–H and O–H groups in total. The third-order valence-corrected chi connectivity index (χ3v) is 2.31. The molecule has 0 aromatic heterocycles. The topological polar surface area (TPSA) is 69.4 Å². The first kappa shape index (κ1) is 13.7. The molecule has 0 fully saturated rings. The number of rotatable bonds is 2. The van der Waals surface area contributed by atoms with Gasteiger partial charge in [0.2, 0.25) is 0 Å². The van der Waals surface area contributed by atoms with Gasteiger partial charge < -0.3 is 4.74 Å². The number of ether oxygens (including phenoxy) is 1. The predicted molar refractivity (Wildman–Crippen MR) is 66.1 cm³/mol. The van der Waals surface area contributed by atoms with E-state index < -0.39 is 10.9 Å². The monoisotopic (exact) mass is 247 g/mol. The molecule has 5 nitrogen and oxygen atoms in total. The van der Waals surface area contributed by atoms with Gasteiger partial charge in [0.15, 0.2) is 0 Å². The van der Waals surface area contributed by atoms with Crippen LogP contribution in [0.5, 0.6) is 0 Å². The molecule has 0 aliphatic rings. The second kappa shape index (κ2) is 5.82. The normalized spacial score (nSPS) is 9.28. The van der Waals surface area contributed by atoms with Crippen LogP contribution in [0.1, 0.15) is 23.6 Å². The number of carbonyl (C=O) groups excluding carboxylic acids is 1. The van der Waals surface area contributed by atoms with Crippen molar-refractivity contribution >= 4 is 11.7 Å². The minimum Gasteiger partial charge on any atom is -0.456 e. The van der Waals surface area contributed by atoms with Crippen molar-refractivity contribution in [3.05, 3.63) is 38.9 Å². The molecule has 0 radical (unpaired) electrons. The van der Waals surface area contributed by atoms with Crippen LogP contribution in [0.2, 0.25) is 0 Å². The van der Waals surface area contributed by atoms with Crippen molar-refractivity contribution < 1.29 is 14.5 Å². The summed E-state index contributed by atoms with van der Waals surface area (Å²) in [4.78, 5) is 21.4. The minimum absolute atomic E-state index is 0.00578. The molecule has 0 aliphatic heterocycles. The molecule has 18 heavy (non-hydrogen) atoms. The summed E-state index contributed by atoms with van der Waals surface area (Å²) in [6.07, 6.45) is 0. The number of carbonyl (C=O) groups is 1. The Morgan fingerprint density at radius 3 is 2.61 bits per heavy atom. The Labute approximate surface area is 105 Å². The van der Waals surface area contributed by atoms with Crippen molar-refractivity contribution in [1.29, 1.82) is 0 Å². The standard InChI is InChI=1S/C13H13NO4/c1-4-18-13(15)6-5-11-8-12(14(16)17)10(3)7-9(11)2/h7-8H,4H2,1-3H3. The van der Waals surface area contributed by atoms with Gasteiger partial charge in [-0.1, -0.05) is 5.92 Å².